The van der Waals surface area contributed by atoms with Crippen LogP contribution in [0.5, 0.6) is 0 Å². The van der Waals surface area contributed by atoms with E-state index in [0.29, 0.717) is 11.6 Å². The lowest BCUT2D eigenvalue weighted by atomic mass is 10.1. The van der Waals surface area contributed by atoms with Gasteiger partial charge in [-0.2, -0.15) is 13.2 Å². The summed E-state index contributed by atoms with van der Waals surface area (Å²) in [5.74, 6) is 5.25. The highest BCUT2D eigenvalue weighted by molar-refractivity contribution is 6.30. The maximum atomic E-state index is 12.6. The zero-order valence-electron chi connectivity index (χ0n) is 13.9. The van der Waals surface area contributed by atoms with E-state index in [2.05, 4.69) is 17.2 Å². The first kappa shape index (κ1) is 19.7. The first-order chi connectivity index (χ1) is 12.3. The van der Waals surface area contributed by atoms with Gasteiger partial charge in [0.2, 0.25) is 0 Å². The lowest BCUT2D eigenvalue weighted by Crippen LogP contribution is -2.36. The molecule has 2 aromatic carbocycles. The molecule has 0 atom stereocenters. The zero-order valence-corrected chi connectivity index (χ0v) is 14.7. The molecule has 0 saturated carbocycles. The first-order valence-electron chi connectivity index (χ1n) is 7.65. The van der Waals surface area contributed by atoms with Crippen LogP contribution in [0, 0.1) is 11.8 Å². The first-order valence-corrected chi connectivity index (χ1v) is 8.03. The Balaban J connectivity index is 1.87. The van der Waals surface area contributed by atoms with Gasteiger partial charge in [-0.15, -0.1) is 0 Å². The zero-order chi connectivity index (χ0) is 19.2. The van der Waals surface area contributed by atoms with Crippen LogP contribution < -0.4 is 5.32 Å². The molecule has 0 unspecified atom stereocenters. The molecule has 0 fully saturated rings. The van der Waals surface area contributed by atoms with Gasteiger partial charge in [0.25, 0.3) is 0 Å². The van der Waals surface area contributed by atoms with E-state index in [1.54, 1.807) is 19.2 Å². The summed E-state index contributed by atoms with van der Waals surface area (Å²) in [7, 11) is 1.63. The average molecular weight is 381 g/mol. The molecular weight excluding hydrogens is 365 g/mol. The molecule has 0 bridgehead atoms. The summed E-state index contributed by atoms with van der Waals surface area (Å²) < 4.78 is 37.9. The number of amides is 2. The van der Waals surface area contributed by atoms with Crippen molar-refractivity contribution in [1.29, 1.82) is 0 Å². The molecule has 26 heavy (non-hydrogen) atoms. The number of alkyl halides is 3. The molecule has 2 amide bonds. The summed E-state index contributed by atoms with van der Waals surface area (Å²) in [5.41, 5.74) is 0.404. The fourth-order valence-electron chi connectivity index (χ4n) is 2.11. The van der Waals surface area contributed by atoms with E-state index in [4.69, 9.17) is 11.6 Å². The van der Waals surface area contributed by atoms with Gasteiger partial charge in [0, 0.05) is 24.2 Å². The van der Waals surface area contributed by atoms with Gasteiger partial charge in [0.05, 0.1) is 12.1 Å². The molecule has 3 nitrogen and oxygen atoms in total. The standard InChI is InChI=1S/C19H16ClF3N2O/c1-25(13-15-7-9-17(20)10-8-15)18(26)24-11-3-5-14-4-2-6-16(12-14)19(21,22)23/h2,4,6-10,12H,11,13H2,1H3,(H,24,26). The molecule has 2 rings (SSSR count). The van der Waals surface area contributed by atoms with Gasteiger partial charge in [-0.3, -0.25) is 0 Å². The minimum atomic E-state index is -4.41. The van der Waals surface area contributed by atoms with Crippen molar-refractivity contribution < 1.29 is 18.0 Å². The normalized spacial score (nSPS) is 10.7. The van der Waals surface area contributed by atoms with Crippen molar-refractivity contribution in [3.8, 4) is 11.8 Å². The highest BCUT2D eigenvalue weighted by Gasteiger charge is 2.30. The predicted octanol–water partition coefficient (Wildman–Crippen LogP) is 4.55. The number of carbonyl (C=O) groups excluding carboxylic acids is 1. The molecule has 0 aliphatic carbocycles. The van der Waals surface area contributed by atoms with Crippen molar-refractivity contribution in [2.75, 3.05) is 13.6 Å². The topological polar surface area (TPSA) is 32.3 Å². The van der Waals surface area contributed by atoms with Crippen LogP contribution in [0.4, 0.5) is 18.0 Å². The molecule has 0 aliphatic rings. The molecule has 0 saturated heterocycles. The Kier molecular flexibility index (Phi) is 6.53. The monoisotopic (exact) mass is 380 g/mol. The number of hydrogen-bond donors (Lipinski definition) is 1. The Morgan fingerprint density at radius 3 is 2.54 bits per heavy atom. The SMILES string of the molecule is CN(Cc1ccc(Cl)cc1)C(=O)NCC#Cc1cccc(C(F)(F)F)c1. The summed E-state index contributed by atoms with van der Waals surface area (Å²) >= 11 is 5.81. The third kappa shape index (κ3) is 6.01. The molecule has 0 aromatic heterocycles. The van der Waals surface area contributed by atoms with Crippen LogP contribution in [0.25, 0.3) is 0 Å². The van der Waals surface area contributed by atoms with Crippen molar-refractivity contribution >= 4 is 17.6 Å². The van der Waals surface area contributed by atoms with E-state index in [9.17, 15) is 18.0 Å². The molecule has 0 spiro atoms. The largest absolute Gasteiger partial charge is 0.416 e. The van der Waals surface area contributed by atoms with Crippen LogP contribution in [0.1, 0.15) is 16.7 Å². The third-order valence-electron chi connectivity index (χ3n) is 3.43. The molecule has 1 N–H and O–H groups in total. The van der Waals surface area contributed by atoms with Crippen LogP contribution in [0.15, 0.2) is 48.5 Å². The molecule has 2 aromatic rings. The number of rotatable bonds is 3. The van der Waals surface area contributed by atoms with Gasteiger partial charge in [-0.1, -0.05) is 41.6 Å². The Morgan fingerprint density at radius 2 is 1.88 bits per heavy atom. The molecule has 0 aliphatic heterocycles. The number of benzene rings is 2. The summed E-state index contributed by atoms with van der Waals surface area (Å²) in [4.78, 5) is 13.5. The molecule has 0 radical (unpaired) electrons. The van der Waals surface area contributed by atoms with Crippen molar-refractivity contribution in [3.63, 3.8) is 0 Å². The van der Waals surface area contributed by atoms with Gasteiger partial charge in [0.15, 0.2) is 0 Å². The van der Waals surface area contributed by atoms with Crippen LogP contribution in [0.3, 0.4) is 0 Å². The maximum absolute atomic E-state index is 12.6. The van der Waals surface area contributed by atoms with Crippen LogP contribution in [0.2, 0.25) is 5.02 Å². The molecule has 7 heteroatoms. The van der Waals surface area contributed by atoms with E-state index in [0.717, 1.165) is 17.7 Å². The molecule has 136 valence electrons. The summed E-state index contributed by atoms with van der Waals surface area (Å²) in [6.07, 6.45) is -4.41. The number of halogens is 4. The van der Waals surface area contributed by atoms with Crippen LogP contribution in [-0.2, 0) is 12.7 Å². The smallest absolute Gasteiger partial charge is 0.327 e. The van der Waals surface area contributed by atoms with Crippen molar-refractivity contribution in [3.05, 3.63) is 70.2 Å². The van der Waals surface area contributed by atoms with Crippen molar-refractivity contribution in [2.24, 2.45) is 0 Å². The van der Waals surface area contributed by atoms with Gasteiger partial charge in [-0.05, 0) is 35.9 Å². The van der Waals surface area contributed by atoms with Crippen molar-refractivity contribution in [2.45, 2.75) is 12.7 Å². The highest BCUT2D eigenvalue weighted by atomic mass is 35.5. The minimum absolute atomic E-state index is 0.0278. The summed E-state index contributed by atoms with van der Waals surface area (Å²) in [5, 5.41) is 3.21. The van der Waals surface area contributed by atoms with E-state index in [-0.39, 0.29) is 18.1 Å². The highest BCUT2D eigenvalue weighted by Crippen LogP contribution is 2.29. The number of urea groups is 1. The van der Waals surface area contributed by atoms with E-state index in [1.165, 1.54) is 17.0 Å². The van der Waals surface area contributed by atoms with Crippen molar-refractivity contribution in [1.82, 2.24) is 10.2 Å². The quantitative estimate of drug-likeness (QED) is 0.778. The van der Waals surface area contributed by atoms with E-state index >= 15 is 0 Å². The number of hydrogen-bond acceptors (Lipinski definition) is 1. The third-order valence-corrected chi connectivity index (χ3v) is 3.68. The van der Waals surface area contributed by atoms with Gasteiger partial charge >= 0.3 is 12.2 Å². The Bertz CT molecular complexity index is 823. The predicted molar refractivity (Wildman–Crippen MR) is 94.6 cm³/mol. The molecular formula is C19H16ClF3N2O. The van der Waals surface area contributed by atoms with E-state index < -0.39 is 11.7 Å². The fraction of sp³-hybridized carbons (Fsp3) is 0.211. The average Bonchev–Trinajstić information content (AvgIpc) is 2.60. The minimum Gasteiger partial charge on any atom is -0.327 e. The number of carbonyl (C=O) groups is 1. The van der Waals surface area contributed by atoms with Gasteiger partial charge in [0.1, 0.15) is 0 Å². The Hall–Kier alpha value is -2.65. The number of nitrogens with one attached hydrogen (secondary N) is 1. The summed E-state index contributed by atoms with van der Waals surface area (Å²) in [6.45, 7) is 0.421. The Morgan fingerprint density at radius 1 is 1.19 bits per heavy atom. The second-order valence-electron chi connectivity index (χ2n) is 5.52. The van der Waals surface area contributed by atoms with Gasteiger partial charge in [-0.25, -0.2) is 4.79 Å². The fourth-order valence-corrected chi connectivity index (χ4v) is 2.24. The van der Waals surface area contributed by atoms with Crippen LogP contribution in [-0.4, -0.2) is 24.5 Å². The van der Waals surface area contributed by atoms with Gasteiger partial charge < -0.3 is 10.2 Å². The molecule has 0 heterocycles. The number of nitrogens with zero attached hydrogens (tertiary/aromatic N) is 1. The van der Waals surface area contributed by atoms with E-state index in [1.807, 2.05) is 12.1 Å². The second kappa shape index (κ2) is 8.63. The summed E-state index contributed by atoms with van der Waals surface area (Å²) in [6, 6.07) is 11.5. The second-order valence-corrected chi connectivity index (χ2v) is 5.96. The van der Waals surface area contributed by atoms with Crippen LogP contribution >= 0.6 is 11.6 Å². The Labute approximate surface area is 154 Å². The lowest BCUT2D eigenvalue weighted by Gasteiger charge is -2.17. The maximum Gasteiger partial charge on any atom is 0.416 e. The lowest BCUT2D eigenvalue weighted by molar-refractivity contribution is -0.137.